The zero-order valence-electron chi connectivity index (χ0n) is 8.05. The van der Waals surface area contributed by atoms with Crippen molar-refractivity contribution in [1.29, 1.82) is 0 Å². The van der Waals surface area contributed by atoms with Gasteiger partial charge in [0.1, 0.15) is 6.33 Å². The molecular formula is C9H11BrN4. The molecule has 4 nitrogen and oxygen atoms in total. The van der Waals surface area contributed by atoms with Gasteiger partial charge in [0.2, 0.25) is 0 Å². The molecule has 0 aliphatic heterocycles. The quantitative estimate of drug-likeness (QED) is 0.771. The lowest BCUT2D eigenvalue weighted by molar-refractivity contribution is 0.731. The lowest BCUT2D eigenvalue weighted by atomic mass is 10.1. The first-order valence-corrected chi connectivity index (χ1v) is 5.40. The van der Waals surface area contributed by atoms with Gasteiger partial charge in [-0.05, 0) is 0 Å². The maximum Gasteiger partial charge on any atom is 0.182 e. The Labute approximate surface area is 90.5 Å². The van der Waals surface area contributed by atoms with E-state index in [2.05, 4.69) is 45.0 Å². The monoisotopic (exact) mass is 254 g/mol. The fraction of sp³-hybridized carbons (Fsp3) is 0.444. The lowest BCUT2D eigenvalue weighted by Crippen LogP contribution is -2.08. The molecule has 0 saturated heterocycles. The maximum atomic E-state index is 4.35. The number of alkyl halides is 1. The Morgan fingerprint density at radius 2 is 2.21 bits per heavy atom. The molecule has 2 atom stereocenters. The number of hydrogen-bond acceptors (Lipinski definition) is 3. The van der Waals surface area contributed by atoms with E-state index in [1.54, 1.807) is 12.5 Å². The summed E-state index contributed by atoms with van der Waals surface area (Å²) in [4.78, 5) is 4.72. The van der Waals surface area contributed by atoms with Gasteiger partial charge in [-0.1, -0.05) is 29.8 Å². The Balaban J connectivity index is 2.56. The van der Waals surface area contributed by atoms with Crippen LogP contribution in [-0.4, -0.2) is 24.4 Å². The van der Waals surface area contributed by atoms with Crippen molar-refractivity contribution in [2.75, 3.05) is 0 Å². The summed E-state index contributed by atoms with van der Waals surface area (Å²) in [6.45, 7) is 4.22. The van der Waals surface area contributed by atoms with Crippen molar-refractivity contribution in [1.82, 2.24) is 19.6 Å². The van der Waals surface area contributed by atoms with Crippen LogP contribution in [0.3, 0.4) is 0 Å². The molecule has 0 fully saturated rings. The van der Waals surface area contributed by atoms with Gasteiger partial charge in [-0.2, -0.15) is 0 Å². The molecular weight excluding hydrogens is 244 g/mol. The first kappa shape index (κ1) is 9.58. The molecule has 2 aromatic rings. The van der Waals surface area contributed by atoms with E-state index in [1.807, 2.05) is 10.6 Å². The van der Waals surface area contributed by atoms with Crippen molar-refractivity contribution in [3.63, 3.8) is 0 Å². The van der Waals surface area contributed by atoms with Crippen molar-refractivity contribution in [2.45, 2.75) is 24.6 Å². The summed E-state index contributed by atoms with van der Waals surface area (Å²) in [6, 6.07) is 0. The molecule has 0 spiro atoms. The largest absolute Gasteiger partial charge is 0.286 e. The molecule has 0 amide bonds. The van der Waals surface area contributed by atoms with Crippen LogP contribution in [0.25, 0.3) is 5.65 Å². The number of halogens is 1. The van der Waals surface area contributed by atoms with Crippen molar-refractivity contribution in [3.05, 3.63) is 24.4 Å². The third-order valence-corrected chi connectivity index (χ3v) is 3.16. The molecule has 0 bridgehead atoms. The Morgan fingerprint density at radius 1 is 1.43 bits per heavy atom. The predicted octanol–water partition coefficient (Wildman–Crippen LogP) is 2.01. The van der Waals surface area contributed by atoms with Crippen molar-refractivity contribution >= 4 is 21.6 Å². The Morgan fingerprint density at radius 3 is 2.93 bits per heavy atom. The molecule has 2 unspecified atom stereocenters. The molecule has 0 aliphatic carbocycles. The van der Waals surface area contributed by atoms with Crippen molar-refractivity contribution < 1.29 is 0 Å². The van der Waals surface area contributed by atoms with Crippen LogP contribution >= 0.6 is 15.9 Å². The average molecular weight is 255 g/mol. The van der Waals surface area contributed by atoms with E-state index in [-0.39, 0.29) is 0 Å². The standard InChI is InChI=1S/C9H11BrN4/c1-6(7(2)10)8-9-13-12-5-14(9)4-3-11-8/h3-7H,1-2H3. The summed E-state index contributed by atoms with van der Waals surface area (Å²) < 4.78 is 1.88. The van der Waals surface area contributed by atoms with Gasteiger partial charge < -0.3 is 0 Å². The molecule has 0 N–H and O–H groups in total. The Hall–Kier alpha value is -0.970. The van der Waals surface area contributed by atoms with Gasteiger partial charge in [0.25, 0.3) is 0 Å². The lowest BCUT2D eigenvalue weighted by Gasteiger charge is -2.13. The summed E-state index contributed by atoms with van der Waals surface area (Å²) in [6.07, 6.45) is 5.31. The number of hydrogen-bond donors (Lipinski definition) is 0. The second kappa shape index (κ2) is 3.65. The van der Waals surface area contributed by atoms with Gasteiger partial charge in [-0.15, -0.1) is 10.2 Å². The molecule has 2 heterocycles. The van der Waals surface area contributed by atoms with Gasteiger partial charge in [-0.3, -0.25) is 9.38 Å². The van der Waals surface area contributed by atoms with Crippen LogP contribution in [-0.2, 0) is 0 Å². The van der Waals surface area contributed by atoms with Crippen LogP contribution < -0.4 is 0 Å². The zero-order chi connectivity index (χ0) is 10.1. The third-order valence-electron chi connectivity index (χ3n) is 2.36. The van der Waals surface area contributed by atoms with E-state index in [1.165, 1.54) is 0 Å². The maximum absolute atomic E-state index is 4.35. The van der Waals surface area contributed by atoms with Gasteiger partial charge in [0, 0.05) is 23.1 Å². The minimum absolute atomic E-state index is 0.322. The molecule has 2 rings (SSSR count). The number of aromatic nitrogens is 4. The minimum Gasteiger partial charge on any atom is -0.286 e. The first-order valence-electron chi connectivity index (χ1n) is 4.48. The van der Waals surface area contributed by atoms with E-state index >= 15 is 0 Å². The number of nitrogens with zero attached hydrogens (tertiary/aromatic N) is 4. The highest BCUT2D eigenvalue weighted by molar-refractivity contribution is 9.09. The SMILES string of the molecule is CC(Br)C(C)c1nccn2cnnc12. The summed E-state index contributed by atoms with van der Waals surface area (Å²) in [5.74, 6) is 0.322. The van der Waals surface area contributed by atoms with Crippen LogP contribution in [0.1, 0.15) is 25.5 Å². The fourth-order valence-electron chi connectivity index (χ4n) is 1.32. The van der Waals surface area contributed by atoms with Crippen molar-refractivity contribution in [2.24, 2.45) is 0 Å². The Kier molecular flexibility index (Phi) is 2.50. The highest BCUT2D eigenvalue weighted by Crippen LogP contribution is 2.24. The fourth-order valence-corrected chi connectivity index (χ4v) is 1.57. The summed E-state index contributed by atoms with van der Waals surface area (Å²) in [5, 5.41) is 7.91. The van der Waals surface area contributed by atoms with Crippen molar-refractivity contribution in [3.8, 4) is 0 Å². The van der Waals surface area contributed by atoms with E-state index in [9.17, 15) is 0 Å². The van der Waals surface area contributed by atoms with Gasteiger partial charge >= 0.3 is 0 Å². The molecule has 0 radical (unpaired) electrons. The second-order valence-corrected chi connectivity index (χ2v) is 4.78. The first-order chi connectivity index (χ1) is 6.70. The number of fused-ring (bicyclic) bond motifs is 1. The zero-order valence-corrected chi connectivity index (χ0v) is 9.64. The summed E-state index contributed by atoms with van der Waals surface area (Å²) in [5.41, 5.74) is 1.82. The topological polar surface area (TPSA) is 43.1 Å². The van der Waals surface area contributed by atoms with Gasteiger partial charge in [0.05, 0.1) is 5.69 Å². The summed E-state index contributed by atoms with van der Waals surface area (Å²) >= 11 is 3.55. The van der Waals surface area contributed by atoms with E-state index in [0.717, 1.165) is 11.3 Å². The molecule has 0 aliphatic rings. The van der Waals surface area contributed by atoms with Crippen LogP contribution in [0.2, 0.25) is 0 Å². The normalized spacial score (nSPS) is 15.6. The highest BCUT2D eigenvalue weighted by atomic mass is 79.9. The number of rotatable bonds is 2. The van der Waals surface area contributed by atoms with E-state index in [0.29, 0.717) is 10.7 Å². The molecule has 74 valence electrons. The van der Waals surface area contributed by atoms with E-state index in [4.69, 9.17) is 0 Å². The highest BCUT2D eigenvalue weighted by Gasteiger charge is 2.16. The molecule has 5 heteroatoms. The van der Waals surface area contributed by atoms with Crippen LogP contribution in [0, 0.1) is 0 Å². The minimum atomic E-state index is 0.322. The summed E-state index contributed by atoms with van der Waals surface area (Å²) in [7, 11) is 0. The predicted molar refractivity (Wildman–Crippen MR) is 57.6 cm³/mol. The smallest absolute Gasteiger partial charge is 0.182 e. The van der Waals surface area contributed by atoms with Crippen LogP contribution in [0.4, 0.5) is 0 Å². The second-order valence-electron chi connectivity index (χ2n) is 3.34. The Bertz CT molecular complexity index is 437. The molecule has 14 heavy (non-hydrogen) atoms. The van der Waals surface area contributed by atoms with E-state index < -0.39 is 0 Å². The van der Waals surface area contributed by atoms with Gasteiger partial charge in [-0.25, -0.2) is 0 Å². The van der Waals surface area contributed by atoms with Crippen LogP contribution in [0.15, 0.2) is 18.7 Å². The molecule has 0 saturated carbocycles. The molecule has 2 aromatic heterocycles. The van der Waals surface area contributed by atoms with Gasteiger partial charge in [0.15, 0.2) is 5.65 Å². The van der Waals surface area contributed by atoms with Crippen LogP contribution in [0.5, 0.6) is 0 Å². The third kappa shape index (κ3) is 1.52. The average Bonchev–Trinajstić information content (AvgIpc) is 2.63. The molecule has 0 aromatic carbocycles.